The minimum Gasteiger partial charge on any atom is -0.399 e. The van der Waals surface area contributed by atoms with Crippen LogP contribution in [0, 0.1) is 0 Å². The van der Waals surface area contributed by atoms with Crippen LogP contribution in [-0.2, 0) is 17.6 Å². The van der Waals surface area contributed by atoms with Gasteiger partial charge in [0.25, 0.3) is 5.91 Å². The number of benzene rings is 2. The summed E-state index contributed by atoms with van der Waals surface area (Å²) < 4.78 is 0. The predicted molar refractivity (Wildman–Crippen MR) is 108 cm³/mol. The molecule has 0 aromatic heterocycles. The van der Waals surface area contributed by atoms with Crippen LogP contribution in [0.15, 0.2) is 47.6 Å². The molecule has 0 saturated heterocycles. The van der Waals surface area contributed by atoms with Gasteiger partial charge in [0.05, 0.1) is 6.42 Å². The van der Waals surface area contributed by atoms with Gasteiger partial charge in [-0.25, -0.2) is 5.43 Å². The second-order valence-corrected chi connectivity index (χ2v) is 6.79. The lowest BCUT2D eigenvalue weighted by Gasteiger charge is -2.19. The Morgan fingerprint density at radius 3 is 2.59 bits per heavy atom. The summed E-state index contributed by atoms with van der Waals surface area (Å²) in [5.41, 5.74) is 13.1. The molecule has 27 heavy (non-hydrogen) atoms. The van der Waals surface area contributed by atoms with Crippen molar-refractivity contribution in [3.05, 3.63) is 59.2 Å². The fourth-order valence-corrected chi connectivity index (χ4v) is 3.21. The number of amides is 2. The van der Waals surface area contributed by atoms with Gasteiger partial charge in [0.2, 0.25) is 5.91 Å². The van der Waals surface area contributed by atoms with E-state index in [1.807, 2.05) is 12.1 Å². The Morgan fingerprint density at radius 2 is 1.81 bits per heavy atom. The van der Waals surface area contributed by atoms with Crippen molar-refractivity contribution in [2.45, 2.75) is 39.0 Å². The molecule has 0 bridgehead atoms. The van der Waals surface area contributed by atoms with Crippen LogP contribution in [0.2, 0.25) is 0 Å². The smallest absolute Gasteiger partial charge is 0.271 e. The third kappa shape index (κ3) is 4.94. The van der Waals surface area contributed by atoms with E-state index >= 15 is 0 Å². The summed E-state index contributed by atoms with van der Waals surface area (Å²) in [4.78, 5) is 24.4. The molecule has 0 unspecified atom stereocenters. The van der Waals surface area contributed by atoms with Crippen LogP contribution in [-0.4, -0.2) is 17.5 Å². The van der Waals surface area contributed by atoms with Crippen molar-refractivity contribution in [1.82, 2.24) is 5.43 Å². The lowest BCUT2D eigenvalue weighted by atomic mass is 9.90. The largest absolute Gasteiger partial charge is 0.399 e. The van der Waals surface area contributed by atoms with E-state index in [1.165, 1.54) is 17.5 Å². The summed E-state index contributed by atoms with van der Waals surface area (Å²) >= 11 is 0. The number of anilines is 2. The van der Waals surface area contributed by atoms with Crippen molar-refractivity contribution >= 4 is 28.9 Å². The van der Waals surface area contributed by atoms with Gasteiger partial charge in [-0.15, -0.1) is 0 Å². The van der Waals surface area contributed by atoms with E-state index in [4.69, 9.17) is 5.73 Å². The van der Waals surface area contributed by atoms with E-state index in [-0.39, 0.29) is 18.2 Å². The van der Waals surface area contributed by atoms with E-state index in [2.05, 4.69) is 21.9 Å². The predicted octanol–water partition coefficient (Wildman–Crippen LogP) is 3.28. The second-order valence-electron chi connectivity index (χ2n) is 6.79. The number of fused-ring (bicyclic) bond motifs is 1. The number of nitrogens with zero attached hydrogens (tertiary/aromatic N) is 1. The number of nitrogens with one attached hydrogen (secondary N) is 2. The van der Waals surface area contributed by atoms with Crippen LogP contribution in [0.3, 0.4) is 0 Å². The Bertz CT molecular complexity index is 872. The maximum Gasteiger partial charge on any atom is 0.271 e. The molecule has 3 rings (SSSR count). The molecule has 0 atom stereocenters. The van der Waals surface area contributed by atoms with Crippen molar-refractivity contribution in [2.75, 3.05) is 11.1 Å². The molecule has 6 heteroatoms. The fraction of sp³-hybridized carbons (Fsp3) is 0.286. The van der Waals surface area contributed by atoms with E-state index in [0.717, 1.165) is 24.9 Å². The molecule has 0 saturated carbocycles. The molecule has 6 nitrogen and oxygen atoms in total. The molecular weight excluding hydrogens is 340 g/mol. The first-order chi connectivity index (χ1) is 13.0. The Kier molecular flexibility index (Phi) is 5.86. The minimum absolute atomic E-state index is 0.117. The lowest BCUT2D eigenvalue weighted by molar-refractivity contribution is -0.115. The van der Waals surface area contributed by atoms with E-state index in [9.17, 15) is 9.59 Å². The molecule has 0 spiro atoms. The topological polar surface area (TPSA) is 96.6 Å². The zero-order valence-corrected chi connectivity index (χ0v) is 15.4. The zero-order chi connectivity index (χ0) is 19.2. The molecule has 140 valence electrons. The lowest BCUT2D eigenvalue weighted by Crippen LogP contribution is -2.22. The summed E-state index contributed by atoms with van der Waals surface area (Å²) in [6.07, 6.45) is 4.53. The number of nitrogens with two attached hydrogens (primary N) is 1. The quantitative estimate of drug-likeness (QED) is 0.431. The Hall–Kier alpha value is -3.15. The SMILES string of the molecule is CC(CC(=O)Nc1cccc2c1CCCC2)=NNC(=O)c1ccc(N)cc1. The van der Waals surface area contributed by atoms with Crippen molar-refractivity contribution in [3.8, 4) is 0 Å². The number of rotatable bonds is 5. The van der Waals surface area contributed by atoms with Gasteiger partial charge in [-0.05, 0) is 74.1 Å². The van der Waals surface area contributed by atoms with Gasteiger partial charge in [-0.2, -0.15) is 5.10 Å². The van der Waals surface area contributed by atoms with Gasteiger partial charge in [0, 0.05) is 22.6 Å². The summed E-state index contributed by atoms with van der Waals surface area (Å²) in [5.74, 6) is -0.483. The standard InChI is InChI=1S/C21H24N4O2/c1-14(24-25-21(27)16-9-11-17(22)12-10-16)13-20(26)23-19-8-4-6-15-5-2-3-7-18(15)19/h4,6,8-12H,2-3,5,7,13,22H2,1H3,(H,23,26)(H,25,27). The Labute approximate surface area is 158 Å². The van der Waals surface area contributed by atoms with Gasteiger partial charge in [0.15, 0.2) is 0 Å². The van der Waals surface area contributed by atoms with Crippen LogP contribution in [0.4, 0.5) is 11.4 Å². The molecular formula is C21H24N4O2. The van der Waals surface area contributed by atoms with Gasteiger partial charge >= 0.3 is 0 Å². The molecule has 1 aliphatic carbocycles. The zero-order valence-electron chi connectivity index (χ0n) is 15.4. The van der Waals surface area contributed by atoms with Gasteiger partial charge in [0.1, 0.15) is 0 Å². The van der Waals surface area contributed by atoms with Gasteiger partial charge < -0.3 is 11.1 Å². The number of nitrogen functional groups attached to an aromatic ring is 1. The van der Waals surface area contributed by atoms with E-state index in [1.54, 1.807) is 31.2 Å². The first kappa shape index (κ1) is 18.6. The van der Waals surface area contributed by atoms with Crippen LogP contribution >= 0.6 is 0 Å². The van der Waals surface area contributed by atoms with E-state index in [0.29, 0.717) is 17.0 Å². The summed E-state index contributed by atoms with van der Waals surface area (Å²) in [6, 6.07) is 12.6. The summed E-state index contributed by atoms with van der Waals surface area (Å²) in [5, 5.41) is 7.00. The average Bonchev–Trinajstić information content (AvgIpc) is 2.67. The van der Waals surface area contributed by atoms with Gasteiger partial charge in [-0.3, -0.25) is 9.59 Å². The van der Waals surface area contributed by atoms with Crippen molar-refractivity contribution in [3.63, 3.8) is 0 Å². The molecule has 2 amide bonds. The molecule has 2 aromatic carbocycles. The van der Waals surface area contributed by atoms with Crippen molar-refractivity contribution in [1.29, 1.82) is 0 Å². The van der Waals surface area contributed by atoms with Crippen molar-refractivity contribution in [2.24, 2.45) is 5.10 Å². The molecule has 0 aliphatic heterocycles. The molecule has 1 aliphatic rings. The highest BCUT2D eigenvalue weighted by Crippen LogP contribution is 2.27. The highest BCUT2D eigenvalue weighted by atomic mass is 16.2. The molecule has 4 N–H and O–H groups in total. The molecule has 2 aromatic rings. The van der Waals surface area contributed by atoms with Crippen LogP contribution in [0.25, 0.3) is 0 Å². The Morgan fingerprint density at radius 1 is 1.07 bits per heavy atom. The number of carbonyl (C=O) groups excluding carboxylic acids is 2. The number of carbonyl (C=O) groups is 2. The Balaban J connectivity index is 1.57. The maximum atomic E-state index is 12.3. The van der Waals surface area contributed by atoms with Gasteiger partial charge in [-0.1, -0.05) is 12.1 Å². The third-order valence-corrected chi connectivity index (χ3v) is 4.61. The molecule has 0 fully saturated rings. The normalized spacial score (nSPS) is 13.6. The molecule has 0 heterocycles. The third-order valence-electron chi connectivity index (χ3n) is 4.61. The summed E-state index contributed by atoms with van der Waals surface area (Å²) in [6.45, 7) is 1.71. The monoisotopic (exact) mass is 364 g/mol. The highest BCUT2D eigenvalue weighted by Gasteiger charge is 2.15. The van der Waals surface area contributed by atoms with Crippen LogP contribution in [0.1, 0.15) is 47.7 Å². The second kappa shape index (κ2) is 8.49. The summed E-state index contributed by atoms with van der Waals surface area (Å²) in [7, 11) is 0. The number of hydrogen-bond acceptors (Lipinski definition) is 4. The minimum atomic E-state index is -0.341. The fourth-order valence-electron chi connectivity index (χ4n) is 3.21. The molecule has 0 radical (unpaired) electrons. The van der Waals surface area contributed by atoms with Crippen molar-refractivity contribution < 1.29 is 9.59 Å². The van der Waals surface area contributed by atoms with Crippen LogP contribution < -0.4 is 16.5 Å². The van der Waals surface area contributed by atoms with E-state index < -0.39 is 0 Å². The maximum absolute atomic E-state index is 12.3. The number of aryl methyl sites for hydroxylation is 1. The van der Waals surface area contributed by atoms with Crippen LogP contribution in [0.5, 0.6) is 0 Å². The average molecular weight is 364 g/mol. The highest BCUT2D eigenvalue weighted by molar-refractivity contribution is 6.06. The number of hydrogen-bond donors (Lipinski definition) is 3. The number of hydrazone groups is 1. The first-order valence-corrected chi connectivity index (χ1v) is 9.12. The first-order valence-electron chi connectivity index (χ1n) is 9.12.